The van der Waals surface area contributed by atoms with Crippen LogP contribution in [0.25, 0.3) is 0 Å². The molecule has 2 N–H and O–H groups in total. The SMILES string of the molecule is CN(C)C1CCCCC1Oc1ccc([N+](=O)[O-])cc1N. The summed E-state index contributed by atoms with van der Waals surface area (Å²) in [6.45, 7) is 0. The number of nitro benzene ring substituents is 1. The summed E-state index contributed by atoms with van der Waals surface area (Å²) in [7, 11) is 4.09. The van der Waals surface area contributed by atoms with Crippen LogP contribution in [0.5, 0.6) is 5.75 Å². The zero-order chi connectivity index (χ0) is 14.7. The number of anilines is 1. The first-order chi connectivity index (χ1) is 9.49. The van der Waals surface area contributed by atoms with E-state index in [-0.39, 0.29) is 11.8 Å². The minimum Gasteiger partial charge on any atom is -0.487 e. The van der Waals surface area contributed by atoms with Gasteiger partial charge in [0.1, 0.15) is 11.9 Å². The van der Waals surface area contributed by atoms with Gasteiger partial charge in [-0.25, -0.2) is 0 Å². The van der Waals surface area contributed by atoms with Crippen molar-refractivity contribution in [1.29, 1.82) is 0 Å². The Morgan fingerprint density at radius 3 is 2.65 bits per heavy atom. The number of nitrogens with two attached hydrogens (primary N) is 1. The molecule has 6 nitrogen and oxygen atoms in total. The van der Waals surface area contributed by atoms with Gasteiger partial charge in [0.05, 0.1) is 10.6 Å². The summed E-state index contributed by atoms with van der Waals surface area (Å²) in [5.74, 6) is 0.536. The van der Waals surface area contributed by atoms with Crippen molar-refractivity contribution in [2.24, 2.45) is 0 Å². The van der Waals surface area contributed by atoms with Crippen LogP contribution in [0.1, 0.15) is 25.7 Å². The zero-order valence-electron chi connectivity index (χ0n) is 11.9. The molecule has 0 heterocycles. The number of non-ortho nitro benzene ring substituents is 1. The van der Waals surface area contributed by atoms with E-state index in [1.807, 2.05) is 14.1 Å². The first kappa shape index (κ1) is 14.6. The molecule has 6 heteroatoms. The Hall–Kier alpha value is -1.82. The average molecular weight is 279 g/mol. The van der Waals surface area contributed by atoms with Gasteiger partial charge in [-0.2, -0.15) is 0 Å². The van der Waals surface area contributed by atoms with Crippen LogP contribution >= 0.6 is 0 Å². The fraction of sp³-hybridized carbons (Fsp3) is 0.571. The average Bonchev–Trinajstić information content (AvgIpc) is 2.41. The highest BCUT2D eigenvalue weighted by Crippen LogP contribution is 2.31. The van der Waals surface area contributed by atoms with Crippen molar-refractivity contribution in [1.82, 2.24) is 4.90 Å². The second kappa shape index (κ2) is 6.09. The van der Waals surface area contributed by atoms with E-state index in [1.54, 1.807) is 6.07 Å². The fourth-order valence-corrected chi connectivity index (χ4v) is 2.73. The van der Waals surface area contributed by atoms with Crippen LogP contribution in [-0.4, -0.2) is 36.1 Å². The highest BCUT2D eigenvalue weighted by molar-refractivity contribution is 5.58. The summed E-state index contributed by atoms with van der Waals surface area (Å²) in [6.07, 6.45) is 4.52. The lowest BCUT2D eigenvalue weighted by Gasteiger charge is -2.36. The van der Waals surface area contributed by atoms with Crippen molar-refractivity contribution in [3.63, 3.8) is 0 Å². The van der Waals surface area contributed by atoms with Crippen molar-refractivity contribution in [3.05, 3.63) is 28.3 Å². The topological polar surface area (TPSA) is 81.6 Å². The van der Waals surface area contributed by atoms with Gasteiger partial charge in [0.25, 0.3) is 5.69 Å². The molecule has 2 atom stereocenters. The first-order valence-corrected chi connectivity index (χ1v) is 6.86. The molecule has 1 aliphatic carbocycles. The lowest BCUT2D eigenvalue weighted by Crippen LogP contribution is -2.44. The molecule has 1 saturated carbocycles. The molecule has 2 rings (SSSR count). The largest absolute Gasteiger partial charge is 0.487 e. The lowest BCUT2D eigenvalue weighted by molar-refractivity contribution is -0.384. The van der Waals surface area contributed by atoms with Crippen LogP contribution in [0.4, 0.5) is 11.4 Å². The van der Waals surface area contributed by atoms with Gasteiger partial charge in [-0.05, 0) is 39.4 Å². The molecule has 0 amide bonds. The maximum absolute atomic E-state index is 10.7. The van der Waals surface area contributed by atoms with Crippen LogP contribution < -0.4 is 10.5 Å². The van der Waals surface area contributed by atoms with E-state index in [2.05, 4.69) is 4.90 Å². The number of likely N-dealkylation sites (N-methyl/N-ethyl adjacent to an activating group) is 1. The third-order valence-corrected chi connectivity index (χ3v) is 3.81. The molecule has 0 aromatic heterocycles. The monoisotopic (exact) mass is 279 g/mol. The third kappa shape index (κ3) is 3.19. The number of rotatable bonds is 4. The Kier molecular flexibility index (Phi) is 4.44. The van der Waals surface area contributed by atoms with Gasteiger partial charge in [-0.15, -0.1) is 0 Å². The third-order valence-electron chi connectivity index (χ3n) is 3.81. The number of benzene rings is 1. The van der Waals surface area contributed by atoms with Crippen molar-refractivity contribution in [2.45, 2.75) is 37.8 Å². The summed E-state index contributed by atoms with van der Waals surface area (Å²) in [4.78, 5) is 12.4. The maximum atomic E-state index is 10.7. The normalized spacial score (nSPS) is 22.8. The van der Waals surface area contributed by atoms with E-state index in [4.69, 9.17) is 10.5 Å². The standard InChI is InChI=1S/C14H21N3O3/c1-16(2)12-5-3-4-6-14(12)20-13-8-7-10(17(18)19)9-11(13)15/h7-9,12,14H,3-6,15H2,1-2H3. The predicted octanol–water partition coefficient (Wildman–Crippen LogP) is 2.43. The predicted molar refractivity (Wildman–Crippen MR) is 77.9 cm³/mol. The molecule has 2 unspecified atom stereocenters. The molecule has 0 bridgehead atoms. The molecule has 1 aliphatic rings. The molecule has 0 saturated heterocycles. The Morgan fingerprint density at radius 2 is 2.05 bits per heavy atom. The first-order valence-electron chi connectivity index (χ1n) is 6.86. The molecule has 0 aliphatic heterocycles. The van der Waals surface area contributed by atoms with Crippen molar-refractivity contribution in [2.75, 3.05) is 19.8 Å². The fourth-order valence-electron chi connectivity index (χ4n) is 2.73. The molecule has 1 aromatic rings. The second-order valence-electron chi connectivity index (χ2n) is 5.45. The van der Waals surface area contributed by atoms with Crippen LogP contribution in [0.2, 0.25) is 0 Å². The number of hydrogen-bond acceptors (Lipinski definition) is 5. The highest BCUT2D eigenvalue weighted by Gasteiger charge is 2.29. The molecule has 20 heavy (non-hydrogen) atoms. The van der Waals surface area contributed by atoms with E-state index in [9.17, 15) is 10.1 Å². The van der Waals surface area contributed by atoms with Gasteiger partial charge in [-0.1, -0.05) is 6.42 Å². The van der Waals surface area contributed by atoms with Crippen LogP contribution in [0.3, 0.4) is 0 Å². The van der Waals surface area contributed by atoms with Crippen LogP contribution in [-0.2, 0) is 0 Å². The number of nitrogens with zero attached hydrogens (tertiary/aromatic N) is 2. The quantitative estimate of drug-likeness (QED) is 0.520. The minimum absolute atomic E-state index is 0.0114. The van der Waals surface area contributed by atoms with Crippen molar-refractivity contribution < 1.29 is 9.66 Å². The molecule has 1 aromatic carbocycles. The molecular weight excluding hydrogens is 258 g/mol. The Balaban J connectivity index is 2.14. The van der Waals surface area contributed by atoms with Crippen molar-refractivity contribution in [3.8, 4) is 5.75 Å². The Bertz CT molecular complexity index is 491. The molecule has 110 valence electrons. The maximum Gasteiger partial charge on any atom is 0.271 e. The number of nitrogen functional groups attached to an aromatic ring is 1. The van der Waals surface area contributed by atoms with E-state index in [0.29, 0.717) is 17.5 Å². The van der Waals surface area contributed by atoms with E-state index in [0.717, 1.165) is 19.3 Å². The molecule has 0 spiro atoms. The zero-order valence-corrected chi connectivity index (χ0v) is 11.9. The number of ether oxygens (including phenoxy) is 1. The minimum atomic E-state index is -0.455. The molecule has 1 fully saturated rings. The van der Waals surface area contributed by atoms with Gasteiger partial charge in [-0.3, -0.25) is 10.1 Å². The van der Waals surface area contributed by atoms with E-state index >= 15 is 0 Å². The van der Waals surface area contributed by atoms with Gasteiger partial charge >= 0.3 is 0 Å². The summed E-state index contributed by atoms with van der Waals surface area (Å²) >= 11 is 0. The summed E-state index contributed by atoms with van der Waals surface area (Å²) in [5.41, 5.74) is 6.16. The van der Waals surface area contributed by atoms with Crippen LogP contribution in [0, 0.1) is 10.1 Å². The Morgan fingerprint density at radius 1 is 1.35 bits per heavy atom. The van der Waals surface area contributed by atoms with Gasteiger partial charge in [0, 0.05) is 18.2 Å². The smallest absolute Gasteiger partial charge is 0.271 e. The summed E-state index contributed by atoms with van der Waals surface area (Å²) in [6, 6.07) is 4.73. The molecular formula is C14H21N3O3. The lowest BCUT2D eigenvalue weighted by atomic mass is 9.91. The number of nitro groups is 1. The van der Waals surface area contributed by atoms with Gasteiger partial charge in [0.15, 0.2) is 0 Å². The second-order valence-corrected chi connectivity index (χ2v) is 5.45. The van der Waals surface area contributed by atoms with E-state index < -0.39 is 4.92 Å². The number of hydrogen-bond donors (Lipinski definition) is 1. The molecule has 0 radical (unpaired) electrons. The van der Waals surface area contributed by atoms with Crippen LogP contribution in [0.15, 0.2) is 18.2 Å². The summed E-state index contributed by atoms with van der Waals surface area (Å²) < 4.78 is 6.01. The van der Waals surface area contributed by atoms with Gasteiger partial charge in [0.2, 0.25) is 0 Å². The highest BCUT2D eigenvalue weighted by atomic mass is 16.6. The Labute approximate surface area is 118 Å². The van der Waals surface area contributed by atoms with Gasteiger partial charge < -0.3 is 15.4 Å². The summed E-state index contributed by atoms with van der Waals surface area (Å²) in [5, 5.41) is 10.7. The van der Waals surface area contributed by atoms with Crippen molar-refractivity contribution >= 4 is 11.4 Å². The van der Waals surface area contributed by atoms with E-state index in [1.165, 1.54) is 18.6 Å².